The second-order valence-corrected chi connectivity index (χ2v) is 4.70. The van der Waals surface area contributed by atoms with E-state index in [9.17, 15) is 4.79 Å². The Kier molecular flexibility index (Phi) is 5.29. The van der Waals surface area contributed by atoms with Crippen LogP contribution in [0.4, 0.5) is 5.69 Å². The highest BCUT2D eigenvalue weighted by molar-refractivity contribution is 6.30. The lowest BCUT2D eigenvalue weighted by Gasteiger charge is -2.19. The first-order chi connectivity index (χ1) is 8.04. The summed E-state index contributed by atoms with van der Waals surface area (Å²) in [5, 5.41) is 3.87. The summed E-state index contributed by atoms with van der Waals surface area (Å²) in [5.74, 6) is -0.109. The van der Waals surface area contributed by atoms with Crippen molar-refractivity contribution in [2.24, 2.45) is 11.8 Å². The smallest absolute Gasteiger partial charge is 0.310 e. The molecule has 17 heavy (non-hydrogen) atoms. The molecule has 1 aromatic carbocycles. The van der Waals surface area contributed by atoms with Gasteiger partial charge >= 0.3 is 5.97 Å². The second kappa shape index (κ2) is 6.50. The topological polar surface area (TPSA) is 38.3 Å². The third-order valence-electron chi connectivity index (χ3n) is 2.66. The van der Waals surface area contributed by atoms with E-state index in [2.05, 4.69) is 5.32 Å². The van der Waals surface area contributed by atoms with Gasteiger partial charge in [-0.3, -0.25) is 4.79 Å². The Bertz CT molecular complexity index is 379. The number of methoxy groups -OCH3 is 1. The van der Waals surface area contributed by atoms with Crippen LogP contribution in [-0.2, 0) is 9.53 Å². The first-order valence-corrected chi connectivity index (χ1v) is 5.99. The molecule has 0 heterocycles. The molecular weight excluding hydrogens is 238 g/mol. The number of carbonyl (C=O) groups excluding carboxylic acids is 1. The van der Waals surface area contributed by atoms with Crippen molar-refractivity contribution in [3.63, 3.8) is 0 Å². The van der Waals surface area contributed by atoms with Crippen molar-refractivity contribution in [3.8, 4) is 0 Å². The summed E-state index contributed by atoms with van der Waals surface area (Å²) in [6, 6.07) is 7.43. The number of halogens is 1. The normalized spacial score (nSPS) is 12.3. The molecule has 1 unspecified atom stereocenters. The maximum absolute atomic E-state index is 11.6. The fourth-order valence-electron chi connectivity index (χ4n) is 1.57. The summed E-state index contributed by atoms with van der Waals surface area (Å²) in [6.07, 6.45) is 0. The van der Waals surface area contributed by atoms with Crippen molar-refractivity contribution < 1.29 is 9.53 Å². The van der Waals surface area contributed by atoms with Crippen LogP contribution in [0.3, 0.4) is 0 Å². The lowest BCUT2D eigenvalue weighted by Crippen LogP contribution is -2.28. The van der Waals surface area contributed by atoms with Gasteiger partial charge in [0.2, 0.25) is 0 Å². The molecule has 0 amide bonds. The number of hydrogen-bond donors (Lipinski definition) is 1. The van der Waals surface area contributed by atoms with Gasteiger partial charge in [-0.05, 0) is 24.1 Å². The summed E-state index contributed by atoms with van der Waals surface area (Å²) < 4.78 is 4.78. The molecule has 3 nitrogen and oxygen atoms in total. The standard InChI is InChI=1S/C13H18ClNO2/c1-9(2)12(13(16)17-3)8-15-11-6-4-5-10(14)7-11/h4-7,9,12,15H,8H2,1-3H3. The lowest BCUT2D eigenvalue weighted by molar-refractivity contribution is -0.146. The van der Waals surface area contributed by atoms with Crippen LogP contribution in [0, 0.1) is 11.8 Å². The highest BCUT2D eigenvalue weighted by Crippen LogP contribution is 2.18. The molecule has 0 saturated carbocycles. The van der Waals surface area contributed by atoms with Crippen LogP contribution in [0.1, 0.15) is 13.8 Å². The van der Waals surface area contributed by atoms with Crippen molar-refractivity contribution in [1.29, 1.82) is 0 Å². The zero-order chi connectivity index (χ0) is 12.8. The molecule has 0 saturated heterocycles. The molecule has 0 fully saturated rings. The summed E-state index contributed by atoms with van der Waals surface area (Å²) in [7, 11) is 1.41. The molecule has 1 aromatic rings. The number of rotatable bonds is 5. The molecule has 1 rings (SSSR count). The number of ether oxygens (including phenoxy) is 1. The summed E-state index contributed by atoms with van der Waals surface area (Å²) >= 11 is 5.88. The van der Waals surface area contributed by atoms with Gasteiger partial charge in [0.05, 0.1) is 13.0 Å². The van der Waals surface area contributed by atoms with E-state index in [-0.39, 0.29) is 17.8 Å². The van der Waals surface area contributed by atoms with E-state index in [0.717, 1.165) is 5.69 Å². The van der Waals surface area contributed by atoms with Gasteiger partial charge < -0.3 is 10.1 Å². The van der Waals surface area contributed by atoms with Gasteiger partial charge in [-0.2, -0.15) is 0 Å². The van der Waals surface area contributed by atoms with Crippen LogP contribution < -0.4 is 5.32 Å². The molecule has 0 bridgehead atoms. The number of esters is 1. The third kappa shape index (κ3) is 4.27. The van der Waals surface area contributed by atoms with Crippen molar-refractivity contribution in [2.75, 3.05) is 19.0 Å². The van der Waals surface area contributed by atoms with E-state index in [4.69, 9.17) is 16.3 Å². The molecule has 0 aromatic heterocycles. The van der Waals surface area contributed by atoms with Crippen LogP contribution in [0.15, 0.2) is 24.3 Å². The number of benzene rings is 1. The van der Waals surface area contributed by atoms with E-state index in [1.165, 1.54) is 7.11 Å². The molecule has 4 heteroatoms. The van der Waals surface area contributed by atoms with Crippen LogP contribution in [-0.4, -0.2) is 19.6 Å². The van der Waals surface area contributed by atoms with Gasteiger partial charge in [0.15, 0.2) is 0 Å². The quantitative estimate of drug-likeness (QED) is 0.822. The van der Waals surface area contributed by atoms with Gasteiger partial charge in [0.25, 0.3) is 0 Å². The molecule has 0 aliphatic rings. The molecule has 1 atom stereocenters. The van der Waals surface area contributed by atoms with Gasteiger partial charge in [0.1, 0.15) is 0 Å². The molecule has 0 aliphatic heterocycles. The Labute approximate surface area is 107 Å². The van der Waals surface area contributed by atoms with Crippen LogP contribution >= 0.6 is 11.6 Å². The average molecular weight is 256 g/mol. The predicted molar refractivity (Wildman–Crippen MR) is 70.3 cm³/mol. The van der Waals surface area contributed by atoms with Gasteiger partial charge in [0, 0.05) is 17.3 Å². The fraction of sp³-hybridized carbons (Fsp3) is 0.462. The van der Waals surface area contributed by atoms with Crippen molar-refractivity contribution in [2.45, 2.75) is 13.8 Å². The number of carbonyl (C=O) groups is 1. The Balaban J connectivity index is 2.61. The Morgan fingerprint density at radius 3 is 2.71 bits per heavy atom. The monoisotopic (exact) mass is 255 g/mol. The second-order valence-electron chi connectivity index (χ2n) is 4.26. The van der Waals surface area contributed by atoms with E-state index in [0.29, 0.717) is 11.6 Å². The zero-order valence-electron chi connectivity index (χ0n) is 10.4. The van der Waals surface area contributed by atoms with Gasteiger partial charge in [-0.1, -0.05) is 31.5 Å². The summed E-state index contributed by atoms with van der Waals surface area (Å²) in [6.45, 7) is 4.55. The van der Waals surface area contributed by atoms with E-state index in [1.807, 2.05) is 38.1 Å². The molecular formula is C13H18ClNO2. The third-order valence-corrected chi connectivity index (χ3v) is 2.89. The predicted octanol–water partition coefficient (Wildman–Crippen LogP) is 3.20. The van der Waals surface area contributed by atoms with Crippen LogP contribution in [0.2, 0.25) is 5.02 Å². The minimum Gasteiger partial charge on any atom is -0.469 e. The maximum Gasteiger partial charge on any atom is 0.310 e. The molecule has 94 valence electrons. The molecule has 1 N–H and O–H groups in total. The Morgan fingerprint density at radius 1 is 1.47 bits per heavy atom. The Hall–Kier alpha value is -1.22. The number of nitrogens with one attached hydrogen (secondary N) is 1. The van der Waals surface area contributed by atoms with Crippen LogP contribution in [0.5, 0.6) is 0 Å². The highest BCUT2D eigenvalue weighted by atomic mass is 35.5. The minimum absolute atomic E-state index is 0.154. The van der Waals surface area contributed by atoms with Crippen molar-refractivity contribution in [3.05, 3.63) is 29.3 Å². The first-order valence-electron chi connectivity index (χ1n) is 5.62. The van der Waals surface area contributed by atoms with E-state index < -0.39 is 0 Å². The van der Waals surface area contributed by atoms with Gasteiger partial charge in [-0.25, -0.2) is 0 Å². The molecule has 0 radical (unpaired) electrons. The van der Waals surface area contributed by atoms with E-state index in [1.54, 1.807) is 0 Å². The van der Waals surface area contributed by atoms with E-state index >= 15 is 0 Å². The summed E-state index contributed by atoms with van der Waals surface area (Å²) in [4.78, 5) is 11.6. The molecule has 0 aliphatic carbocycles. The average Bonchev–Trinajstić information content (AvgIpc) is 2.28. The van der Waals surface area contributed by atoms with Crippen molar-refractivity contribution in [1.82, 2.24) is 0 Å². The molecule has 0 spiro atoms. The zero-order valence-corrected chi connectivity index (χ0v) is 11.1. The minimum atomic E-state index is -0.186. The summed E-state index contributed by atoms with van der Waals surface area (Å²) in [5.41, 5.74) is 0.909. The number of hydrogen-bond acceptors (Lipinski definition) is 3. The maximum atomic E-state index is 11.6. The number of anilines is 1. The van der Waals surface area contributed by atoms with Gasteiger partial charge in [-0.15, -0.1) is 0 Å². The largest absolute Gasteiger partial charge is 0.469 e. The lowest BCUT2D eigenvalue weighted by atomic mass is 9.96. The fourth-order valence-corrected chi connectivity index (χ4v) is 1.76. The first kappa shape index (κ1) is 13.8. The van der Waals surface area contributed by atoms with Crippen LogP contribution in [0.25, 0.3) is 0 Å². The SMILES string of the molecule is COC(=O)C(CNc1cccc(Cl)c1)C(C)C. The van der Waals surface area contributed by atoms with Crippen molar-refractivity contribution >= 4 is 23.3 Å². The Morgan fingerprint density at radius 2 is 2.18 bits per heavy atom. The highest BCUT2D eigenvalue weighted by Gasteiger charge is 2.22.